The maximum Gasteiger partial charge on any atom is 0.306 e. The number of unbranched alkanes of at least 4 members (excludes halogenated alkanes) is 15. The van der Waals surface area contributed by atoms with Crippen LogP contribution in [-0.2, 0) is 28.6 Å². The van der Waals surface area contributed by atoms with Crippen LogP contribution >= 0.6 is 0 Å². The minimum absolute atomic E-state index is 0.110. The number of ether oxygens (including phenoxy) is 3. The van der Waals surface area contributed by atoms with E-state index in [1.54, 1.807) is 0 Å². The Kier molecular flexibility index (Phi) is 57.5. The first-order valence-corrected chi connectivity index (χ1v) is 30.0. The zero-order valence-corrected chi connectivity index (χ0v) is 48.0. The number of hydrogen-bond donors (Lipinski definition) is 0. The number of allylic oxidation sites excluding steroid dienone is 26. The van der Waals surface area contributed by atoms with Crippen LogP contribution in [-0.4, -0.2) is 37.2 Å². The minimum atomic E-state index is -0.817. The van der Waals surface area contributed by atoms with Gasteiger partial charge in [-0.05, 0) is 141 Å². The lowest BCUT2D eigenvalue weighted by atomic mass is 10.1. The third kappa shape index (κ3) is 59.8. The van der Waals surface area contributed by atoms with Gasteiger partial charge in [0.25, 0.3) is 0 Å². The molecule has 0 fully saturated rings. The van der Waals surface area contributed by atoms with Crippen LogP contribution in [0.5, 0.6) is 0 Å². The molecular formula is C69H108O6. The Morgan fingerprint density at radius 3 is 0.760 bits per heavy atom. The summed E-state index contributed by atoms with van der Waals surface area (Å²) in [6, 6.07) is 0. The van der Waals surface area contributed by atoms with Gasteiger partial charge in [0.15, 0.2) is 6.10 Å². The normalized spacial score (nSPS) is 13.3. The lowest BCUT2D eigenvalue weighted by Gasteiger charge is -2.18. The predicted octanol–water partition coefficient (Wildman–Crippen LogP) is 20.5. The number of esters is 3. The van der Waals surface area contributed by atoms with Crippen molar-refractivity contribution in [3.05, 3.63) is 158 Å². The predicted molar refractivity (Wildman–Crippen MR) is 325 cm³/mol. The molecule has 0 heterocycles. The van der Waals surface area contributed by atoms with Crippen molar-refractivity contribution in [2.75, 3.05) is 13.2 Å². The summed E-state index contributed by atoms with van der Waals surface area (Å²) in [6.07, 6.45) is 89.5. The first-order chi connectivity index (χ1) is 37.0. The quantitative estimate of drug-likeness (QED) is 0.0261. The van der Waals surface area contributed by atoms with Gasteiger partial charge in [0.05, 0.1) is 0 Å². The first-order valence-electron chi connectivity index (χ1n) is 30.0. The molecule has 1 atom stereocenters. The van der Waals surface area contributed by atoms with Crippen LogP contribution in [0.2, 0.25) is 0 Å². The van der Waals surface area contributed by atoms with Crippen LogP contribution in [0, 0.1) is 0 Å². The van der Waals surface area contributed by atoms with Crippen molar-refractivity contribution < 1.29 is 28.6 Å². The summed E-state index contributed by atoms with van der Waals surface area (Å²) >= 11 is 0. The zero-order chi connectivity index (χ0) is 54.3. The molecule has 0 N–H and O–H groups in total. The average molecular weight is 1030 g/mol. The molecule has 0 aliphatic heterocycles. The summed E-state index contributed by atoms with van der Waals surface area (Å²) in [5.74, 6) is -0.976. The van der Waals surface area contributed by atoms with Gasteiger partial charge in [0, 0.05) is 19.3 Å². The Morgan fingerprint density at radius 2 is 0.480 bits per heavy atom. The topological polar surface area (TPSA) is 78.9 Å². The molecular weight excluding hydrogens is 925 g/mol. The highest BCUT2D eigenvalue weighted by molar-refractivity contribution is 5.71. The second-order valence-corrected chi connectivity index (χ2v) is 19.1. The number of rotatable bonds is 52. The van der Waals surface area contributed by atoms with Gasteiger partial charge in [-0.1, -0.05) is 237 Å². The smallest absolute Gasteiger partial charge is 0.306 e. The number of carbonyl (C=O) groups excluding carboxylic acids is 3. The highest BCUT2D eigenvalue weighted by atomic mass is 16.6. The Morgan fingerprint density at radius 1 is 0.267 bits per heavy atom. The van der Waals surface area contributed by atoms with Crippen molar-refractivity contribution in [3.8, 4) is 0 Å². The van der Waals surface area contributed by atoms with E-state index in [1.807, 2.05) is 0 Å². The van der Waals surface area contributed by atoms with Gasteiger partial charge in [-0.25, -0.2) is 0 Å². The summed E-state index contributed by atoms with van der Waals surface area (Å²) in [5, 5.41) is 0. The second-order valence-electron chi connectivity index (χ2n) is 19.1. The Bertz CT molecular complexity index is 1710. The minimum Gasteiger partial charge on any atom is -0.462 e. The molecule has 0 bridgehead atoms. The van der Waals surface area contributed by atoms with Gasteiger partial charge in [0.2, 0.25) is 0 Å². The van der Waals surface area contributed by atoms with Crippen molar-refractivity contribution in [1.29, 1.82) is 0 Å². The Hall–Kier alpha value is -4.97. The lowest BCUT2D eigenvalue weighted by Crippen LogP contribution is -2.30. The summed E-state index contributed by atoms with van der Waals surface area (Å²) in [5.41, 5.74) is 0. The van der Waals surface area contributed by atoms with Crippen LogP contribution in [0.3, 0.4) is 0 Å². The molecule has 0 aromatic carbocycles. The first kappa shape index (κ1) is 70.0. The molecule has 0 amide bonds. The van der Waals surface area contributed by atoms with Crippen LogP contribution < -0.4 is 0 Å². The van der Waals surface area contributed by atoms with E-state index in [4.69, 9.17) is 14.2 Å². The molecule has 0 aliphatic rings. The number of carbonyl (C=O) groups is 3. The largest absolute Gasteiger partial charge is 0.462 e. The van der Waals surface area contributed by atoms with Crippen LogP contribution in [0.15, 0.2) is 158 Å². The van der Waals surface area contributed by atoms with Crippen LogP contribution in [0.25, 0.3) is 0 Å². The molecule has 0 aliphatic carbocycles. The molecule has 0 radical (unpaired) electrons. The van der Waals surface area contributed by atoms with E-state index in [1.165, 1.54) is 25.7 Å². The molecule has 0 rings (SSSR count). The van der Waals surface area contributed by atoms with E-state index in [2.05, 4.69) is 179 Å². The van der Waals surface area contributed by atoms with Crippen molar-refractivity contribution in [2.45, 2.75) is 245 Å². The fourth-order valence-electron chi connectivity index (χ4n) is 7.63. The highest BCUT2D eigenvalue weighted by Crippen LogP contribution is 2.13. The molecule has 0 aromatic heterocycles. The summed E-state index contributed by atoms with van der Waals surface area (Å²) < 4.78 is 16.8. The fourth-order valence-corrected chi connectivity index (χ4v) is 7.63. The van der Waals surface area contributed by atoms with Gasteiger partial charge in [-0.3, -0.25) is 14.4 Å². The third-order valence-electron chi connectivity index (χ3n) is 12.0. The van der Waals surface area contributed by atoms with E-state index < -0.39 is 6.10 Å². The van der Waals surface area contributed by atoms with Crippen molar-refractivity contribution in [2.24, 2.45) is 0 Å². The number of hydrogen-bond acceptors (Lipinski definition) is 6. The molecule has 0 saturated carbocycles. The Balaban J connectivity index is 4.50. The third-order valence-corrected chi connectivity index (χ3v) is 12.0. The van der Waals surface area contributed by atoms with Crippen LogP contribution in [0.4, 0.5) is 0 Å². The van der Waals surface area contributed by atoms with E-state index in [-0.39, 0.29) is 37.5 Å². The maximum absolute atomic E-state index is 12.9. The molecule has 1 unspecified atom stereocenters. The molecule has 75 heavy (non-hydrogen) atoms. The monoisotopic (exact) mass is 1030 g/mol. The van der Waals surface area contributed by atoms with E-state index in [0.29, 0.717) is 19.3 Å². The van der Waals surface area contributed by atoms with Gasteiger partial charge in [0.1, 0.15) is 13.2 Å². The molecule has 0 spiro atoms. The van der Waals surface area contributed by atoms with Crippen molar-refractivity contribution in [3.63, 3.8) is 0 Å². The van der Waals surface area contributed by atoms with Crippen LogP contribution in [0.1, 0.15) is 239 Å². The average Bonchev–Trinajstić information content (AvgIpc) is 3.41. The maximum atomic E-state index is 12.9. The van der Waals surface area contributed by atoms with E-state index in [9.17, 15) is 14.4 Å². The van der Waals surface area contributed by atoms with Crippen molar-refractivity contribution in [1.82, 2.24) is 0 Å². The van der Waals surface area contributed by atoms with Crippen molar-refractivity contribution >= 4 is 17.9 Å². The molecule has 6 heteroatoms. The molecule has 0 aromatic rings. The van der Waals surface area contributed by atoms with Gasteiger partial charge in [-0.2, -0.15) is 0 Å². The molecule has 6 nitrogen and oxygen atoms in total. The SMILES string of the molecule is CC/C=C\C/C=C\C/C=C\C/C=C\C/C=C\CCCCCCCCCC(=O)OCC(COC(=O)CCCCCCC/C=C\C/C=C\C/C=C\CC)OC(=O)CCCCC/C=C\C/C=C\C/C=C\C/C=C\C/C=C\CC. The Labute approximate surface area is 460 Å². The highest BCUT2D eigenvalue weighted by Gasteiger charge is 2.19. The van der Waals surface area contributed by atoms with Gasteiger partial charge < -0.3 is 14.2 Å². The van der Waals surface area contributed by atoms with E-state index >= 15 is 0 Å². The summed E-state index contributed by atoms with van der Waals surface area (Å²) in [6.45, 7) is 6.24. The standard InChI is InChI=1S/C69H108O6/c1-4-7-10-13-16-19-22-25-28-30-32-33-34-35-37-38-41-44-47-50-53-56-59-62-68(71)74-65-66(64-73-67(70)61-58-55-52-49-46-43-40-27-24-21-18-15-12-9-6-3)75-69(72)63-60-57-54-51-48-45-42-39-36-31-29-26-23-20-17-14-11-8-5-2/h7-12,16-21,25-29,32-33,35-37,39-40,45,48,66H,4-6,13-15,22-24,30-31,34,38,41-44,46-47,49-65H2,1-3H3/b10-7-,11-8-,12-9-,19-16-,20-17-,21-18-,28-25-,29-26-,33-32-,37-35-,39-36-,40-27-,48-45-. The lowest BCUT2D eigenvalue weighted by molar-refractivity contribution is -0.167. The summed E-state index contributed by atoms with van der Waals surface area (Å²) in [7, 11) is 0. The second kappa shape index (κ2) is 61.6. The van der Waals surface area contributed by atoms with E-state index in [0.717, 1.165) is 167 Å². The molecule has 0 saturated heterocycles. The zero-order valence-electron chi connectivity index (χ0n) is 48.0. The van der Waals surface area contributed by atoms with Gasteiger partial charge in [-0.15, -0.1) is 0 Å². The van der Waals surface area contributed by atoms with Gasteiger partial charge >= 0.3 is 17.9 Å². The molecule has 420 valence electrons. The fraction of sp³-hybridized carbons (Fsp3) is 0.580. The summed E-state index contributed by atoms with van der Waals surface area (Å²) in [4.78, 5) is 38.3.